The van der Waals surface area contributed by atoms with Crippen molar-refractivity contribution in [2.45, 2.75) is 0 Å². The monoisotopic (exact) mass is 395 g/mol. The Kier molecular flexibility index (Phi) is 4.51. The van der Waals surface area contributed by atoms with E-state index in [9.17, 15) is 9.59 Å². The minimum atomic E-state index is -0.494. The summed E-state index contributed by atoms with van der Waals surface area (Å²) < 4.78 is 1.74. The van der Waals surface area contributed by atoms with Crippen molar-refractivity contribution in [2.24, 2.45) is 7.05 Å². The first-order valence-electron chi connectivity index (χ1n) is 8.14. The van der Waals surface area contributed by atoms with E-state index in [1.807, 2.05) is 35.7 Å². The molecular formula is C20H14ClN3O2S. The molecule has 2 aromatic heterocycles. The molecule has 4 rings (SSSR count). The number of amides is 1. The zero-order valence-electron chi connectivity index (χ0n) is 14.3. The average Bonchev–Trinajstić information content (AvgIpc) is 3.13. The van der Waals surface area contributed by atoms with Crippen molar-refractivity contribution in [3.63, 3.8) is 0 Å². The zero-order chi connectivity index (χ0) is 19.0. The molecule has 5 nitrogen and oxygen atoms in total. The summed E-state index contributed by atoms with van der Waals surface area (Å²) >= 11 is 7.32. The van der Waals surface area contributed by atoms with Crippen LogP contribution in [0.5, 0.6) is 0 Å². The highest BCUT2D eigenvalue weighted by Gasteiger charge is 2.16. The molecule has 0 saturated carbocycles. The number of benzene rings is 2. The van der Waals surface area contributed by atoms with Crippen LogP contribution >= 0.6 is 22.9 Å². The second kappa shape index (κ2) is 6.98. The third-order valence-electron chi connectivity index (χ3n) is 4.19. The number of hydrogen-bond donors (Lipinski definition) is 1. The van der Waals surface area contributed by atoms with Crippen LogP contribution in [0.2, 0.25) is 5.02 Å². The van der Waals surface area contributed by atoms with Crippen LogP contribution in [0.1, 0.15) is 10.4 Å². The minimum absolute atomic E-state index is 0.0451. The lowest BCUT2D eigenvalue weighted by Gasteiger charge is -2.09. The van der Waals surface area contributed by atoms with Gasteiger partial charge in [0.05, 0.1) is 11.2 Å². The first-order chi connectivity index (χ1) is 13.0. The Labute approximate surface area is 163 Å². The Morgan fingerprint density at radius 2 is 1.96 bits per heavy atom. The number of aryl methyl sites for hydroxylation is 1. The van der Waals surface area contributed by atoms with Crippen LogP contribution in [0.15, 0.2) is 64.9 Å². The maximum absolute atomic E-state index is 12.7. The second-order valence-corrected chi connectivity index (χ2v) is 7.30. The van der Waals surface area contributed by atoms with Crippen LogP contribution in [-0.2, 0) is 7.05 Å². The standard InChI is InChI=1S/C20H14ClN3O2S/c1-24-10-15(18(25)14-9-13(21)7-8-17(14)24)19(26)23-20-22-16(11-27-20)12-5-3-2-4-6-12/h2-11H,1H3,(H,22,23,26). The number of nitrogens with zero attached hydrogens (tertiary/aromatic N) is 2. The fraction of sp³-hybridized carbons (Fsp3) is 0.0500. The van der Waals surface area contributed by atoms with E-state index in [4.69, 9.17) is 11.6 Å². The van der Waals surface area contributed by atoms with E-state index in [2.05, 4.69) is 10.3 Å². The first kappa shape index (κ1) is 17.5. The molecule has 7 heteroatoms. The van der Waals surface area contributed by atoms with Gasteiger partial charge in [0.1, 0.15) is 5.56 Å². The van der Waals surface area contributed by atoms with E-state index < -0.39 is 5.91 Å². The molecule has 0 radical (unpaired) electrons. The van der Waals surface area contributed by atoms with E-state index in [-0.39, 0.29) is 11.0 Å². The number of hydrogen-bond acceptors (Lipinski definition) is 4. The number of carbonyl (C=O) groups excluding carboxylic acids is 1. The van der Waals surface area contributed by atoms with Gasteiger partial charge in [0.25, 0.3) is 5.91 Å². The molecule has 27 heavy (non-hydrogen) atoms. The zero-order valence-corrected chi connectivity index (χ0v) is 15.8. The summed E-state index contributed by atoms with van der Waals surface area (Å²) in [5.41, 5.74) is 2.13. The summed E-state index contributed by atoms with van der Waals surface area (Å²) in [6.07, 6.45) is 1.53. The third kappa shape index (κ3) is 3.37. The van der Waals surface area contributed by atoms with E-state index in [0.717, 1.165) is 11.3 Å². The molecule has 0 fully saturated rings. The number of rotatable bonds is 3. The molecule has 0 atom stereocenters. The fourth-order valence-corrected chi connectivity index (χ4v) is 3.75. The smallest absolute Gasteiger partial charge is 0.262 e. The lowest BCUT2D eigenvalue weighted by atomic mass is 10.1. The van der Waals surface area contributed by atoms with Gasteiger partial charge in [0, 0.05) is 34.6 Å². The molecule has 0 aliphatic heterocycles. The van der Waals surface area contributed by atoms with Crippen molar-refractivity contribution in [2.75, 3.05) is 5.32 Å². The molecule has 0 saturated heterocycles. The highest BCUT2D eigenvalue weighted by atomic mass is 35.5. The van der Waals surface area contributed by atoms with E-state index in [1.165, 1.54) is 17.5 Å². The number of carbonyl (C=O) groups is 1. The van der Waals surface area contributed by atoms with Crippen molar-refractivity contribution in [1.82, 2.24) is 9.55 Å². The average molecular weight is 396 g/mol. The Morgan fingerprint density at radius 1 is 1.19 bits per heavy atom. The Morgan fingerprint density at radius 3 is 2.74 bits per heavy atom. The van der Waals surface area contributed by atoms with Gasteiger partial charge in [0.2, 0.25) is 5.43 Å². The lowest BCUT2D eigenvalue weighted by molar-refractivity contribution is 0.102. The number of anilines is 1. The molecule has 0 spiro atoms. The lowest BCUT2D eigenvalue weighted by Crippen LogP contribution is -2.23. The highest BCUT2D eigenvalue weighted by molar-refractivity contribution is 7.14. The largest absolute Gasteiger partial charge is 0.350 e. The maximum Gasteiger partial charge on any atom is 0.262 e. The van der Waals surface area contributed by atoms with Crippen LogP contribution in [0.3, 0.4) is 0 Å². The SMILES string of the molecule is Cn1cc(C(=O)Nc2nc(-c3ccccc3)cs2)c(=O)c2cc(Cl)ccc21. The highest BCUT2D eigenvalue weighted by Crippen LogP contribution is 2.25. The van der Waals surface area contributed by atoms with Crippen LogP contribution < -0.4 is 10.7 Å². The first-order valence-corrected chi connectivity index (χ1v) is 9.40. The van der Waals surface area contributed by atoms with E-state index in [0.29, 0.717) is 21.1 Å². The summed E-state index contributed by atoms with van der Waals surface area (Å²) in [6.45, 7) is 0. The second-order valence-electron chi connectivity index (χ2n) is 6.00. The van der Waals surface area contributed by atoms with Gasteiger partial charge in [-0.25, -0.2) is 4.98 Å². The number of fused-ring (bicyclic) bond motifs is 1. The Hall–Kier alpha value is -2.96. The molecule has 0 aliphatic rings. The molecule has 0 bridgehead atoms. The van der Waals surface area contributed by atoms with Crippen molar-refractivity contribution < 1.29 is 4.79 Å². The van der Waals surface area contributed by atoms with Gasteiger partial charge in [-0.2, -0.15) is 0 Å². The molecule has 4 aromatic rings. The fourth-order valence-electron chi connectivity index (χ4n) is 2.86. The minimum Gasteiger partial charge on any atom is -0.350 e. The predicted octanol–water partition coefficient (Wildman–Crippen LogP) is 4.57. The Bertz CT molecular complexity index is 1220. The molecule has 1 amide bonds. The molecule has 0 aliphatic carbocycles. The van der Waals surface area contributed by atoms with Gasteiger partial charge in [-0.15, -0.1) is 11.3 Å². The van der Waals surface area contributed by atoms with E-state index in [1.54, 1.807) is 29.8 Å². The summed E-state index contributed by atoms with van der Waals surface area (Å²) in [5.74, 6) is -0.494. The van der Waals surface area contributed by atoms with Crippen LogP contribution in [0.4, 0.5) is 5.13 Å². The van der Waals surface area contributed by atoms with Crippen molar-refractivity contribution in [3.8, 4) is 11.3 Å². The van der Waals surface area contributed by atoms with Gasteiger partial charge < -0.3 is 4.57 Å². The van der Waals surface area contributed by atoms with Gasteiger partial charge in [-0.05, 0) is 18.2 Å². The molecule has 0 unspecified atom stereocenters. The molecule has 134 valence electrons. The van der Waals surface area contributed by atoms with Crippen molar-refractivity contribution in [1.29, 1.82) is 0 Å². The third-order valence-corrected chi connectivity index (χ3v) is 5.18. The normalized spacial score (nSPS) is 10.9. The Balaban J connectivity index is 1.67. The predicted molar refractivity (Wildman–Crippen MR) is 110 cm³/mol. The summed E-state index contributed by atoms with van der Waals surface area (Å²) in [4.78, 5) is 29.8. The topological polar surface area (TPSA) is 64.0 Å². The summed E-state index contributed by atoms with van der Waals surface area (Å²) in [5, 5.41) is 5.87. The quantitative estimate of drug-likeness (QED) is 0.552. The van der Waals surface area contributed by atoms with Gasteiger partial charge in [-0.3, -0.25) is 14.9 Å². The molecule has 2 heterocycles. The van der Waals surface area contributed by atoms with Crippen molar-refractivity contribution >= 4 is 44.9 Å². The molecular weight excluding hydrogens is 382 g/mol. The van der Waals surface area contributed by atoms with Gasteiger partial charge in [0.15, 0.2) is 5.13 Å². The van der Waals surface area contributed by atoms with Gasteiger partial charge in [-0.1, -0.05) is 41.9 Å². The van der Waals surface area contributed by atoms with Crippen LogP contribution in [-0.4, -0.2) is 15.5 Å². The van der Waals surface area contributed by atoms with Crippen LogP contribution in [0.25, 0.3) is 22.2 Å². The summed E-state index contributed by atoms with van der Waals surface area (Å²) in [7, 11) is 1.78. The maximum atomic E-state index is 12.7. The van der Waals surface area contributed by atoms with Gasteiger partial charge >= 0.3 is 0 Å². The van der Waals surface area contributed by atoms with Crippen molar-refractivity contribution in [3.05, 3.63) is 80.9 Å². The van der Waals surface area contributed by atoms with Crippen LogP contribution in [0, 0.1) is 0 Å². The number of thiazole rings is 1. The number of pyridine rings is 1. The number of aromatic nitrogens is 2. The number of halogens is 1. The molecule has 1 N–H and O–H groups in total. The summed E-state index contributed by atoms with van der Waals surface area (Å²) in [6, 6.07) is 14.7. The number of nitrogens with one attached hydrogen (secondary N) is 1. The molecule has 2 aromatic carbocycles. The van der Waals surface area contributed by atoms with E-state index >= 15 is 0 Å².